The van der Waals surface area contributed by atoms with Crippen molar-refractivity contribution in [1.29, 1.82) is 0 Å². The molecule has 0 aliphatic carbocycles. The van der Waals surface area contributed by atoms with Gasteiger partial charge in [0, 0.05) is 21.8 Å². The molecule has 0 saturated carbocycles. The number of hydrogen-bond acceptors (Lipinski definition) is 3. The van der Waals surface area contributed by atoms with Crippen LogP contribution in [0.3, 0.4) is 0 Å². The summed E-state index contributed by atoms with van der Waals surface area (Å²) in [6, 6.07) is 14.0. The van der Waals surface area contributed by atoms with Gasteiger partial charge in [0.15, 0.2) is 0 Å². The standard InChI is InChI=1S/C19H15ClN2O3/c20-16-5-1-4-15(13-16)18(23)21-10-2-3-14-6-8-17(9-7-14)22-11-12-25-19(22)24/h1,4-9,13H,10-12H2,(H,21,23). The molecule has 126 valence electrons. The highest BCUT2D eigenvalue weighted by molar-refractivity contribution is 6.30. The Morgan fingerprint density at radius 2 is 2.04 bits per heavy atom. The van der Waals surface area contributed by atoms with Gasteiger partial charge in [0.05, 0.1) is 13.1 Å². The quantitative estimate of drug-likeness (QED) is 0.862. The fourth-order valence-corrected chi connectivity index (χ4v) is 2.55. The van der Waals surface area contributed by atoms with Crippen LogP contribution in [0.2, 0.25) is 5.02 Å². The van der Waals surface area contributed by atoms with Crippen LogP contribution in [0, 0.1) is 11.8 Å². The highest BCUT2D eigenvalue weighted by Crippen LogP contribution is 2.18. The number of carbonyl (C=O) groups is 2. The molecule has 6 heteroatoms. The summed E-state index contributed by atoms with van der Waals surface area (Å²) in [7, 11) is 0. The van der Waals surface area contributed by atoms with E-state index in [4.69, 9.17) is 16.3 Å². The Bertz CT molecular complexity index is 853. The van der Waals surface area contributed by atoms with Gasteiger partial charge in [-0.25, -0.2) is 4.79 Å². The van der Waals surface area contributed by atoms with Gasteiger partial charge in [-0.05, 0) is 42.5 Å². The number of hydrogen-bond donors (Lipinski definition) is 1. The lowest BCUT2D eigenvalue weighted by molar-refractivity contribution is 0.0958. The Morgan fingerprint density at radius 3 is 2.72 bits per heavy atom. The van der Waals surface area contributed by atoms with Gasteiger partial charge in [0.2, 0.25) is 0 Å². The van der Waals surface area contributed by atoms with Crippen LogP contribution in [0.15, 0.2) is 48.5 Å². The van der Waals surface area contributed by atoms with Gasteiger partial charge in [-0.15, -0.1) is 0 Å². The molecule has 0 unspecified atom stereocenters. The third-order valence-electron chi connectivity index (χ3n) is 3.60. The van der Waals surface area contributed by atoms with Gasteiger partial charge in [0.25, 0.3) is 5.91 Å². The van der Waals surface area contributed by atoms with Crippen LogP contribution in [0.5, 0.6) is 0 Å². The lowest BCUT2D eigenvalue weighted by atomic mass is 10.2. The zero-order valence-corrected chi connectivity index (χ0v) is 14.0. The number of nitrogens with one attached hydrogen (secondary N) is 1. The summed E-state index contributed by atoms with van der Waals surface area (Å²) in [6.45, 7) is 1.19. The van der Waals surface area contributed by atoms with Gasteiger partial charge in [-0.1, -0.05) is 29.5 Å². The first-order valence-corrected chi connectivity index (χ1v) is 8.08. The molecule has 0 atom stereocenters. The average molecular weight is 355 g/mol. The maximum atomic E-state index is 11.9. The number of benzene rings is 2. The van der Waals surface area contributed by atoms with Crippen molar-refractivity contribution in [2.24, 2.45) is 0 Å². The number of amides is 2. The van der Waals surface area contributed by atoms with Gasteiger partial charge in [-0.3, -0.25) is 9.69 Å². The molecule has 5 nitrogen and oxygen atoms in total. The Morgan fingerprint density at radius 1 is 1.24 bits per heavy atom. The molecule has 0 radical (unpaired) electrons. The summed E-state index contributed by atoms with van der Waals surface area (Å²) in [4.78, 5) is 25.0. The molecule has 1 aliphatic rings. The number of ether oxygens (including phenoxy) is 1. The number of carbonyl (C=O) groups excluding carboxylic acids is 2. The van der Waals surface area contributed by atoms with Crippen molar-refractivity contribution in [3.05, 3.63) is 64.7 Å². The monoisotopic (exact) mass is 354 g/mol. The van der Waals surface area contributed by atoms with E-state index in [1.54, 1.807) is 29.2 Å². The Balaban J connectivity index is 1.55. The number of nitrogens with zero attached hydrogens (tertiary/aromatic N) is 1. The van der Waals surface area contributed by atoms with Crippen molar-refractivity contribution >= 4 is 29.3 Å². The fraction of sp³-hybridized carbons (Fsp3) is 0.158. The summed E-state index contributed by atoms with van der Waals surface area (Å²) < 4.78 is 4.91. The fourth-order valence-electron chi connectivity index (χ4n) is 2.36. The van der Waals surface area contributed by atoms with Gasteiger partial charge >= 0.3 is 6.09 Å². The number of rotatable bonds is 3. The van der Waals surface area contributed by atoms with Crippen LogP contribution in [0.1, 0.15) is 15.9 Å². The molecule has 2 aromatic rings. The Hall–Kier alpha value is -2.97. The molecule has 3 rings (SSSR count). The van der Waals surface area contributed by atoms with Crippen LogP contribution < -0.4 is 10.2 Å². The minimum atomic E-state index is -0.331. The van der Waals surface area contributed by atoms with E-state index in [-0.39, 0.29) is 18.5 Å². The molecular formula is C19H15ClN2O3. The predicted octanol–water partition coefficient (Wildman–Crippen LogP) is 3.08. The van der Waals surface area contributed by atoms with E-state index in [0.717, 1.165) is 11.3 Å². The summed E-state index contributed by atoms with van der Waals surface area (Å²) in [5.74, 6) is 5.64. The van der Waals surface area contributed by atoms with Gasteiger partial charge < -0.3 is 10.1 Å². The van der Waals surface area contributed by atoms with Crippen LogP contribution in [0.25, 0.3) is 0 Å². The number of cyclic esters (lactones) is 1. The van der Waals surface area contributed by atoms with Crippen molar-refractivity contribution in [3.63, 3.8) is 0 Å². The zero-order chi connectivity index (χ0) is 17.6. The zero-order valence-electron chi connectivity index (χ0n) is 13.3. The van der Waals surface area contributed by atoms with Crippen molar-refractivity contribution in [3.8, 4) is 11.8 Å². The highest BCUT2D eigenvalue weighted by Gasteiger charge is 2.23. The summed E-state index contributed by atoms with van der Waals surface area (Å²) in [5.41, 5.74) is 2.08. The second-order valence-corrected chi connectivity index (χ2v) is 5.74. The molecular weight excluding hydrogens is 340 g/mol. The Kier molecular flexibility index (Phi) is 5.22. The third-order valence-corrected chi connectivity index (χ3v) is 3.83. The molecule has 0 bridgehead atoms. The lowest BCUT2D eigenvalue weighted by Crippen LogP contribution is -2.23. The van der Waals surface area contributed by atoms with Gasteiger partial charge in [0.1, 0.15) is 6.61 Å². The van der Waals surface area contributed by atoms with Crippen molar-refractivity contribution in [2.75, 3.05) is 24.6 Å². The van der Waals surface area contributed by atoms with Crippen molar-refractivity contribution in [2.45, 2.75) is 0 Å². The number of halogens is 1. The van der Waals surface area contributed by atoms with Crippen LogP contribution in [-0.2, 0) is 4.74 Å². The first-order valence-electron chi connectivity index (χ1n) is 7.70. The SMILES string of the molecule is O=C(NCC#Cc1ccc(N2CCOC2=O)cc1)c1cccc(Cl)c1. The topological polar surface area (TPSA) is 58.6 Å². The second kappa shape index (κ2) is 7.73. The molecule has 0 aromatic heterocycles. The largest absolute Gasteiger partial charge is 0.447 e. The molecule has 25 heavy (non-hydrogen) atoms. The molecule has 1 fully saturated rings. The van der Waals surface area contributed by atoms with E-state index in [1.165, 1.54) is 0 Å². The molecule has 2 amide bonds. The van der Waals surface area contributed by atoms with Crippen molar-refractivity contribution < 1.29 is 14.3 Å². The molecule has 1 aliphatic heterocycles. The smallest absolute Gasteiger partial charge is 0.414 e. The van der Waals surface area contributed by atoms with Crippen LogP contribution >= 0.6 is 11.6 Å². The maximum absolute atomic E-state index is 11.9. The highest BCUT2D eigenvalue weighted by atomic mass is 35.5. The first kappa shape index (κ1) is 16.9. The summed E-state index contributed by atoms with van der Waals surface area (Å²) >= 11 is 5.86. The average Bonchev–Trinajstić information content (AvgIpc) is 3.05. The molecule has 2 aromatic carbocycles. The van der Waals surface area contributed by atoms with Crippen LogP contribution in [0.4, 0.5) is 10.5 Å². The van der Waals surface area contributed by atoms with Crippen molar-refractivity contribution in [1.82, 2.24) is 5.32 Å². The van der Waals surface area contributed by atoms with E-state index in [9.17, 15) is 9.59 Å². The predicted molar refractivity (Wildman–Crippen MR) is 95.8 cm³/mol. The normalized spacial score (nSPS) is 13.0. The first-order chi connectivity index (χ1) is 12.1. The summed E-state index contributed by atoms with van der Waals surface area (Å²) in [5, 5.41) is 3.23. The second-order valence-electron chi connectivity index (χ2n) is 5.31. The van der Waals surface area contributed by atoms with E-state index < -0.39 is 0 Å². The molecule has 1 heterocycles. The minimum absolute atomic E-state index is 0.223. The maximum Gasteiger partial charge on any atom is 0.414 e. The van der Waals surface area contributed by atoms with E-state index in [2.05, 4.69) is 17.2 Å². The minimum Gasteiger partial charge on any atom is -0.447 e. The van der Waals surface area contributed by atoms with Crippen LogP contribution in [-0.4, -0.2) is 31.7 Å². The molecule has 0 spiro atoms. The van der Waals surface area contributed by atoms with E-state index >= 15 is 0 Å². The third kappa shape index (κ3) is 4.31. The van der Waals surface area contributed by atoms with E-state index in [0.29, 0.717) is 23.7 Å². The summed E-state index contributed by atoms with van der Waals surface area (Å²) in [6.07, 6.45) is -0.331. The molecule has 1 saturated heterocycles. The van der Waals surface area contributed by atoms with Gasteiger partial charge in [-0.2, -0.15) is 0 Å². The molecule has 1 N–H and O–H groups in total. The lowest BCUT2D eigenvalue weighted by Gasteiger charge is -2.11. The van der Waals surface area contributed by atoms with E-state index in [1.807, 2.05) is 24.3 Å². The number of anilines is 1. The Labute approximate surface area is 150 Å².